The average Bonchev–Trinajstić information content (AvgIpc) is 2.79. The third-order valence-corrected chi connectivity index (χ3v) is 4.22. The third-order valence-electron chi connectivity index (χ3n) is 4.22. The molecule has 25 heavy (non-hydrogen) atoms. The summed E-state index contributed by atoms with van der Waals surface area (Å²) in [4.78, 5) is 24.2. The molecule has 0 aliphatic carbocycles. The van der Waals surface area contributed by atoms with E-state index < -0.39 is 11.9 Å². The molecule has 1 heterocycles. The van der Waals surface area contributed by atoms with Crippen LogP contribution in [0.5, 0.6) is 0 Å². The van der Waals surface area contributed by atoms with Crippen LogP contribution in [0.3, 0.4) is 0 Å². The molecule has 0 aliphatic rings. The van der Waals surface area contributed by atoms with Gasteiger partial charge in [-0.3, -0.25) is 0 Å². The highest BCUT2D eigenvalue weighted by atomic mass is 16.5. The summed E-state index contributed by atoms with van der Waals surface area (Å²) >= 11 is 0. The number of carboxylic acids is 1. The van der Waals surface area contributed by atoms with Crippen LogP contribution in [-0.4, -0.2) is 28.2 Å². The van der Waals surface area contributed by atoms with Crippen LogP contribution >= 0.6 is 0 Å². The molecule has 0 aliphatic heterocycles. The summed E-state index contributed by atoms with van der Waals surface area (Å²) in [5, 5.41) is 10.7. The minimum absolute atomic E-state index is 0.0575. The van der Waals surface area contributed by atoms with Gasteiger partial charge in [0.1, 0.15) is 0 Å². The average molecular weight is 341 g/mol. The number of carbonyl (C=O) groups is 2. The maximum atomic E-state index is 12.3. The van der Waals surface area contributed by atoms with Gasteiger partial charge in [-0.2, -0.15) is 0 Å². The Labute approximate surface area is 147 Å². The quantitative estimate of drug-likeness (QED) is 0.509. The fraction of sp³-hybridized carbons (Fsp3) is 0.300. The van der Waals surface area contributed by atoms with Gasteiger partial charge in [0.05, 0.1) is 17.8 Å². The lowest BCUT2D eigenvalue weighted by molar-refractivity contribution is -0.140. The third kappa shape index (κ3) is 3.50. The molecule has 0 fully saturated rings. The second-order valence-electron chi connectivity index (χ2n) is 6.03. The van der Waals surface area contributed by atoms with Gasteiger partial charge in [0, 0.05) is 29.2 Å². The zero-order chi connectivity index (χ0) is 18.7. The van der Waals surface area contributed by atoms with Crippen LogP contribution in [-0.2, 0) is 21.4 Å². The molecule has 0 bridgehead atoms. The molecule has 0 atom stereocenters. The van der Waals surface area contributed by atoms with Gasteiger partial charge < -0.3 is 14.4 Å². The zero-order valence-electron chi connectivity index (χ0n) is 15.2. The molecule has 0 radical (unpaired) electrons. The van der Waals surface area contributed by atoms with E-state index in [0.29, 0.717) is 5.57 Å². The van der Waals surface area contributed by atoms with Crippen molar-refractivity contribution in [2.45, 2.75) is 27.7 Å². The number of nitrogens with zero attached hydrogens (tertiary/aromatic N) is 1. The minimum Gasteiger partial charge on any atom is -0.478 e. The zero-order valence-corrected chi connectivity index (χ0v) is 15.2. The monoisotopic (exact) mass is 341 g/mol. The Balaban J connectivity index is 2.74. The van der Waals surface area contributed by atoms with E-state index >= 15 is 0 Å². The molecule has 132 valence electrons. The molecule has 5 heteroatoms. The molecule has 1 aromatic carbocycles. The second kappa shape index (κ2) is 7.38. The Bertz CT molecular complexity index is 896. The van der Waals surface area contributed by atoms with Crippen LogP contribution in [0.4, 0.5) is 0 Å². The number of aromatic nitrogens is 1. The lowest BCUT2D eigenvalue weighted by atomic mass is 9.98. The molecular weight excluding hydrogens is 318 g/mol. The first-order valence-electron chi connectivity index (χ1n) is 8.13. The van der Waals surface area contributed by atoms with Crippen molar-refractivity contribution in [1.82, 2.24) is 4.57 Å². The summed E-state index contributed by atoms with van der Waals surface area (Å²) in [6.45, 7) is 7.23. The maximum absolute atomic E-state index is 12.3. The van der Waals surface area contributed by atoms with E-state index in [2.05, 4.69) is 0 Å². The van der Waals surface area contributed by atoms with Gasteiger partial charge >= 0.3 is 11.9 Å². The van der Waals surface area contributed by atoms with Crippen LogP contribution in [0.2, 0.25) is 0 Å². The first-order valence-corrected chi connectivity index (χ1v) is 8.13. The number of fused-ring (bicyclic) bond motifs is 1. The van der Waals surface area contributed by atoms with Gasteiger partial charge in [-0.25, -0.2) is 9.59 Å². The van der Waals surface area contributed by atoms with Gasteiger partial charge in [0.15, 0.2) is 0 Å². The Morgan fingerprint density at radius 1 is 1.24 bits per heavy atom. The van der Waals surface area contributed by atoms with Crippen molar-refractivity contribution in [1.29, 1.82) is 0 Å². The molecular formula is C20H23NO4. The first kappa shape index (κ1) is 18.5. The normalized spacial score (nSPS) is 11.5. The number of para-hydroxylation sites is 1. The van der Waals surface area contributed by atoms with Gasteiger partial charge in [-0.05, 0) is 39.8 Å². The van der Waals surface area contributed by atoms with E-state index in [0.717, 1.165) is 22.2 Å². The number of hydrogen-bond acceptors (Lipinski definition) is 3. The summed E-state index contributed by atoms with van der Waals surface area (Å²) in [5.74, 6) is -1.77. The summed E-state index contributed by atoms with van der Waals surface area (Å²) in [6.07, 6.45) is 1.57. The van der Waals surface area contributed by atoms with Crippen LogP contribution in [0.15, 0.2) is 41.0 Å². The van der Waals surface area contributed by atoms with Gasteiger partial charge in [-0.1, -0.05) is 23.8 Å². The number of aliphatic carboxylic acids is 1. The molecule has 5 nitrogen and oxygen atoms in total. The highest BCUT2D eigenvalue weighted by molar-refractivity contribution is 6.11. The van der Waals surface area contributed by atoms with Crippen molar-refractivity contribution in [3.8, 4) is 0 Å². The Morgan fingerprint density at radius 3 is 2.44 bits per heavy atom. The molecule has 0 spiro atoms. The van der Waals surface area contributed by atoms with E-state index in [1.54, 1.807) is 26.8 Å². The maximum Gasteiger partial charge on any atom is 0.338 e. The molecule has 2 aromatic rings. The summed E-state index contributed by atoms with van der Waals surface area (Å²) in [5.41, 5.74) is 3.37. The number of aryl methyl sites for hydroxylation is 1. The van der Waals surface area contributed by atoms with Gasteiger partial charge in [0.25, 0.3) is 0 Å². The number of benzene rings is 1. The number of hydrogen-bond donors (Lipinski definition) is 1. The summed E-state index contributed by atoms with van der Waals surface area (Å²) in [7, 11) is 1.93. The van der Waals surface area contributed by atoms with Crippen molar-refractivity contribution in [3.63, 3.8) is 0 Å². The standard InChI is InChI=1S/C20H23NO4/c1-6-25-20(24)18(12(2)3)16(19(22)23)11-15-13(4)21(5)17-10-8-7-9-14(15)17/h7-11H,6H2,1-5H3,(H,22,23). The predicted molar refractivity (Wildman–Crippen MR) is 98.3 cm³/mol. The van der Waals surface area contributed by atoms with Gasteiger partial charge in [-0.15, -0.1) is 0 Å². The fourth-order valence-electron chi connectivity index (χ4n) is 2.90. The van der Waals surface area contributed by atoms with E-state index in [9.17, 15) is 14.7 Å². The smallest absolute Gasteiger partial charge is 0.338 e. The first-order chi connectivity index (χ1) is 11.8. The van der Waals surface area contributed by atoms with E-state index in [-0.39, 0.29) is 17.8 Å². The van der Waals surface area contributed by atoms with Crippen molar-refractivity contribution < 1.29 is 19.4 Å². The Kier molecular flexibility index (Phi) is 5.47. The topological polar surface area (TPSA) is 68.5 Å². The number of carbonyl (C=O) groups excluding carboxylic acids is 1. The molecule has 0 saturated heterocycles. The lowest BCUT2D eigenvalue weighted by Crippen LogP contribution is -2.16. The van der Waals surface area contributed by atoms with Crippen molar-refractivity contribution >= 4 is 28.9 Å². The largest absolute Gasteiger partial charge is 0.478 e. The highest BCUT2D eigenvalue weighted by Gasteiger charge is 2.24. The lowest BCUT2D eigenvalue weighted by Gasteiger charge is -2.10. The van der Waals surface area contributed by atoms with Crippen LogP contribution in [0, 0.1) is 6.92 Å². The van der Waals surface area contributed by atoms with Crippen molar-refractivity contribution in [2.24, 2.45) is 7.05 Å². The summed E-state index contributed by atoms with van der Waals surface area (Å²) < 4.78 is 7.06. The number of ether oxygens (including phenoxy) is 1. The van der Waals surface area contributed by atoms with Gasteiger partial charge in [0.2, 0.25) is 0 Å². The van der Waals surface area contributed by atoms with Crippen LogP contribution < -0.4 is 0 Å². The number of esters is 1. The molecule has 0 unspecified atom stereocenters. The SMILES string of the molecule is CCOC(=O)C(C(=Cc1c(C)n(C)c2ccccc12)C(=O)O)=C(C)C. The summed E-state index contributed by atoms with van der Waals surface area (Å²) in [6, 6.07) is 7.77. The molecule has 1 aromatic heterocycles. The molecule has 0 amide bonds. The second-order valence-corrected chi connectivity index (χ2v) is 6.03. The number of carboxylic acid groups (broad SMARTS) is 1. The van der Waals surface area contributed by atoms with Crippen molar-refractivity contribution in [3.05, 3.63) is 52.2 Å². The molecule has 0 saturated carbocycles. The molecule has 2 rings (SSSR count). The number of rotatable bonds is 5. The number of allylic oxidation sites excluding steroid dienone is 1. The minimum atomic E-state index is -1.16. The Hall–Kier alpha value is -2.82. The van der Waals surface area contributed by atoms with E-state index in [1.165, 1.54) is 0 Å². The van der Waals surface area contributed by atoms with E-state index in [4.69, 9.17) is 4.74 Å². The fourth-order valence-corrected chi connectivity index (χ4v) is 2.90. The molecule has 1 N–H and O–H groups in total. The van der Waals surface area contributed by atoms with Crippen molar-refractivity contribution in [2.75, 3.05) is 6.61 Å². The van der Waals surface area contributed by atoms with Crippen LogP contribution in [0.25, 0.3) is 17.0 Å². The highest BCUT2D eigenvalue weighted by Crippen LogP contribution is 2.29. The van der Waals surface area contributed by atoms with Crippen LogP contribution in [0.1, 0.15) is 32.0 Å². The van der Waals surface area contributed by atoms with E-state index in [1.807, 2.05) is 42.8 Å². The predicted octanol–water partition coefficient (Wildman–Crippen LogP) is 3.85. The Morgan fingerprint density at radius 2 is 1.88 bits per heavy atom.